The van der Waals surface area contributed by atoms with E-state index in [-0.39, 0.29) is 16.9 Å². The molecule has 0 amide bonds. The molecule has 12 nitrogen and oxygen atoms in total. The van der Waals surface area contributed by atoms with Gasteiger partial charge < -0.3 is 55.1 Å². The maximum absolute atomic E-state index is 13.3. The molecule has 7 atom stereocenters. The van der Waals surface area contributed by atoms with Crippen molar-refractivity contribution in [1.29, 1.82) is 0 Å². The number of ketones is 1. The van der Waals surface area contributed by atoms with Crippen molar-refractivity contribution in [1.82, 2.24) is 0 Å². The molecule has 0 bridgehead atoms. The molecule has 2 aliphatic rings. The third kappa shape index (κ3) is 3.87. The van der Waals surface area contributed by atoms with Crippen molar-refractivity contribution in [2.24, 2.45) is 0 Å². The Labute approximate surface area is 186 Å². The van der Waals surface area contributed by atoms with Crippen LogP contribution in [0.3, 0.4) is 0 Å². The van der Waals surface area contributed by atoms with Crippen molar-refractivity contribution in [3.63, 3.8) is 0 Å². The average Bonchev–Trinajstić information content (AvgIpc) is 2.74. The number of carbonyl (C=O) groups is 1. The van der Waals surface area contributed by atoms with E-state index in [1.165, 1.54) is 6.92 Å². The summed E-state index contributed by atoms with van der Waals surface area (Å²) in [5, 5.41) is 79.7. The summed E-state index contributed by atoms with van der Waals surface area (Å²) in [4.78, 5) is 13.3. The number of fused-ring (bicyclic) bond motifs is 1. The standard InChI is InChI=1S/C21H22O12/c1-6-14(26)17(29)18(30)21(31-6)33-20-16(28)13-9(23)4-8(22)5-12(13)32-19(20)7-2-10(24)15(27)11(25)3-7/h2-6,14,17-27,29-30H,1H3/t6-,14-,17+,18+,19-,20-,21-/m0/s1. The minimum absolute atomic E-state index is 0.0476. The Morgan fingerprint density at radius 1 is 0.848 bits per heavy atom. The van der Waals surface area contributed by atoms with Gasteiger partial charge in [-0.15, -0.1) is 0 Å². The predicted octanol–water partition coefficient (Wildman–Crippen LogP) is -0.256. The molecule has 0 unspecified atom stereocenters. The number of aromatic hydroxyl groups is 5. The normalized spacial score (nSPS) is 31.6. The number of phenolic OH excluding ortho intramolecular Hbond substituents is 5. The zero-order valence-electron chi connectivity index (χ0n) is 17.1. The van der Waals surface area contributed by atoms with E-state index in [1.54, 1.807) is 0 Å². The molecule has 2 heterocycles. The van der Waals surface area contributed by atoms with Gasteiger partial charge in [0.15, 0.2) is 35.7 Å². The number of rotatable bonds is 3. The number of phenols is 5. The number of aliphatic hydroxyl groups is 3. The fourth-order valence-corrected chi connectivity index (χ4v) is 3.84. The van der Waals surface area contributed by atoms with Crippen LogP contribution in [0.15, 0.2) is 24.3 Å². The van der Waals surface area contributed by atoms with Crippen LogP contribution in [0.25, 0.3) is 0 Å². The molecule has 1 fully saturated rings. The van der Waals surface area contributed by atoms with Gasteiger partial charge in [0.05, 0.1) is 6.10 Å². The second kappa shape index (κ2) is 8.24. The van der Waals surface area contributed by atoms with Crippen LogP contribution >= 0.6 is 0 Å². The molecule has 4 rings (SSSR count). The molecular formula is C21H22O12. The van der Waals surface area contributed by atoms with Crippen LogP contribution < -0.4 is 4.74 Å². The Hall–Kier alpha value is -3.29. The van der Waals surface area contributed by atoms with Crippen LogP contribution in [-0.4, -0.2) is 83.4 Å². The van der Waals surface area contributed by atoms with E-state index in [9.17, 15) is 45.6 Å². The molecular weight excluding hydrogens is 444 g/mol. The molecule has 2 aromatic carbocycles. The van der Waals surface area contributed by atoms with E-state index in [0.717, 1.165) is 24.3 Å². The van der Waals surface area contributed by atoms with Gasteiger partial charge in [0, 0.05) is 17.7 Å². The van der Waals surface area contributed by atoms with Gasteiger partial charge in [-0.1, -0.05) is 0 Å². The Balaban J connectivity index is 1.78. The fraction of sp³-hybridized carbons (Fsp3) is 0.381. The number of hydrogen-bond donors (Lipinski definition) is 8. The topological polar surface area (TPSA) is 207 Å². The first-order valence-corrected chi connectivity index (χ1v) is 9.86. The number of benzene rings is 2. The summed E-state index contributed by atoms with van der Waals surface area (Å²) in [6, 6.07) is 3.96. The first-order valence-electron chi connectivity index (χ1n) is 9.86. The van der Waals surface area contributed by atoms with E-state index in [4.69, 9.17) is 14.2 Å². The molecule has 33 heavy (non-hydrogen) atoms. The highest BCUT2D eigenvalue weighted by molar-refractivity contribution is 6.05. The lowest BCUT2D eigenvalue weighted by Gasteiger charge is -2.42. The third-order valence-corrected chi connectivity index (χ3v) is 5.61. The van der Waals surface area contributed by atoms with Gasteiger partial charge in [0.25, 0.3) is 0 Å². The maximum Gasteiger partial charge on any atom is 0.203 e. The molecule has 0 spiro atoms. The van der Waals surface area contributed by atoms with E-state index in [1.807, 2.05) is 0 Å². The van der Waals surface area contributed by atoms with Gasteiger partial charge in [-0.25, -0.2) is 0 Å². The summed E-state index contributed by atoms with van der Waals surface area (Å²) in [6.07, 6.45) is -10.5. The molecule has 0 saturated carbocycles. The van der Waals surface area contributed by atoms with Crippen LogP contribution in [0, 0.1) is 0 Å². The van der Waals surface area contributed by atoms with Crippen LogP contribution in [-0.2, 0) is 9.47 Å². The summed E-state index contributed by atoms with van der Waals surface area (Å²) >= 11 is 0. The van der Waals surface area contributed by atoms with Crippen molar-refractivity contribution in [3.05, 3.63) is 35.4 Å². The van der Waals surface area contributed by atoms with Gasteiger partial charge in [-0.3, -0.25) is 4.79 Å². The van der Waals surface area contributed by atoms with Gasteiger partial charge in [-0.05, 0) is 19.1 Å². The highest BCUT2D eigenvalue weighted by Gasteiger charge is 2.48. The number of carbonyl (C=O) groups excluding carboxylic acids is 1. The zero-order valence-corrected chi connectivity index (χ0v) is 17.1. The van der Waals surface area contributed by atoms with E-state index >= 15 is 0 Å². The third-order valence-electron chi connectivity index (χ3n) is 5.61. The van der Waals surface area contributed by atoms with Gasteiger partial charge in [0.2, 0.25) is 5.78 Å². The highest BCUT2D eigenvalue weighted by Crippen LogP contribution is 2.46. The van der Waals surface area contributed by atoms with Gasteiger partial charge in [0.1, 0.15) is 41.1 Å². The minimum Gasteiger partial charge on any atom is -0.508 e. The van der Waals surface area contributed by atoms with Crippen molar-refractivity contribution in [3.8, 4) is 34.5 Å². The summed E-state index contributed by atoms with van der Waals surface area (Å²) in [5.74, 6) is -4.40. The van der Waals surface area contributed by atoms with E-state index in [2.05, 4.69) is 0 Å². The lowest BCUT2D eigenvalue weighted by atomic mass is 9.92. The Morgan fingerprint density at radius 3 is 2.12 bits per heavy atom. The maximum atomic E-state index is 13.3. The Morgan fingerprint density at radius 2 is 1.48 bits per heavy atom. The molecule has 2 aromatic rings. The van der Waals surface area contributed by atoms with Gasteiger partial charge in [-0.2, -0.15) is 0 Å². The number of aliphatic hydroxyl groups excluding tert-OH is 3. The van der Waals surface area contributed by atoms with Crippen molar-refractivity contribution < 1.29 is 59.9 Å². The van der Waals surface area contributed by atoms with Crippen LogP contribution in [0.5, 0.6) is 34.5 Å². The smallest absolute Gasteiger partial charge is 0.203 e. The van der Waals surface area contributed by atoms with Crippen LogP contribution in [0.4, 0.5) is 0 Å². The van der Waals surface area contributed by atoms with E-state index in [0.29, 0.717) is 0 Å². The molecule has 1 saturated heterocycles. The second-order valence-corrected chi connectivity index (χ2v) is 7.89. The molecule has 0 aromatic heterocycles. The fourth-order valence-electron chi connectivity index (χ4n) is 3.84. The molecule has 2 aliphatic heterocycles. The second-order valence-electron chi connectivity index (χ2n) is 7.89. The molecule has 178 valence electrons. The molecule has 8 N–H and O–H groups in total. The number of hydrogen-bond acceptors (Lipinski definition) is 12. The number of Topliss-reactive ketones (excluding diaryl/α,β-unsaturated/α-hetero) is 1. The highest BCUT2D eigenvalue weighted by atomic mass is 16.7. The SMILES string of the molecule is C[C@@H]1O[C@@H](O[C@H]2C(=O)c3c(O)cc(O)cc3O[C@H]2c2cc(O)c(O)c(O)c2)[C@H](O)[C@H](O)[C@H]1O. The average molecular weight is 466 g/mol. The predicted molar refractivity (Wildman–Crippen MR) is 106 cm³/mol. The first kappa shape index (κ1) is 22.9. The Bertz CT molecular complexity index is 1060. The summed E-state index contributed by atoms with van der Waals surface area (Å²) in [6.45, 7) is 1.41. The molecule has 0 radical (unpaired) electrons. The van der Waals surface area contributed by atoms with Gasteiger partial charge >= 0.3 is 0 Å². The van der Waals surface area contributed by atoms with Crippen molar-refractivity contribution in [2.75, 3.05) is 0 Å². The quantitative estimate of drug-likeness (QED) is 0.275. The van der Waals surface area contributed by atoms with Crippen molar-refractivity contribution >= 4 is 5.78 Å². The largest absolute Gasteiger partial charge is 0.508 e. The van der Waals surface area contributed by atoms with Crippen molar-refractivity contribution in [2.45, 2.75) is 49.8 Å². The summed E-state index contributed by atoms with van der Waals surface area (Å²) in [7, 11) is 0. The zero-order chi connectivity index (χ0) is 24.2. The molecule has 12 heteroatoms. The van der Waals surface area contributed by atoms with Crippen LogP contribution in [0.1, 0.15) is 28.9 Å². The lowest BCUT2D eigenvalue weighted by molar-refractivity contribution is -0.304. The lowest BCUT2D eigenvalue weighted by Crippen LogP contribution is -2.59. The Kier molecular flexibility index (Phi) is 5.72. The summed E-state index contributed by atoms with van der Waals surface area (Å²) in [5.41, 5.74) is -0.395. The summed E-state index contributed by atoms with van der Waals surface area (Å²) < 4.78 is 16.8. The minimum atomic E-state index is -1.76. The molecule has 0 aliphatic carbocycles. The van der Waals surface area contributed by atoms with Crippen LogP contribution in [0.2, 0.25) is 0 Å². The van der Waals surface area contributed by atoms with E-state index < -0.39 is 77.4 Å². The monoisotopic (exact) mass is 466 g/mol. The first-order chi connectivity index (χ1) is 15.5. The number of ether oxygens (including phenoxy) is 3.